The molecule has 5 rings (SSSR count). The van der Waals surface area contributed by atoms with E-state index in [2.05, 4.69) is 4.99 Å². The van der Waals surface area contributed by atoms with E-state index in [-0.39, 0.29) is 17.7 Å². The Morgan fingerprint density at radius 2 is 1.73 bits per heavy atom. The number of hydrogen-bond acceptors (Lipinski definition) is 9. The molecule has 228 valence electrons. The highest BCUT2D eigenvalue weighted by atomic mass is 32.1. The molecule has 0 saturated carbocycles. The second-order valence-corrected chi connectivity index (χ2v) is 10.8. The van der Waals surface area contributed by atoms with Gasteiger partial charge >= 0.3 is 5.97 Å². The molecule has 3 aromatic carbocycles. The van der Waals surface area contributed by atoms with E-state index in [1.807, 2.05) is 55.5 Å². The van der Waals surface area contributed by atoms with Crippen molar-refractivity contribution in [2.75, 3.05) is 27.4 Å². The van der Waals surface area contributed by atoms with E-state index >= 15 is 0 Å². The highest BCUT2D eigenvalue weighted by Gasteiger charge is 2.35. The predicted octanol–water partition coefficient (Wildman–Crippen LogP) is 4.79. The maximum atomic E-state index is 14.1. The van der Waals surface area contributed by atoms with Crippen molar-refractivity contribution in [2.45, 2.75) is 33.4 Å². The van der Waals surface area contributed by atoms with E-state index in [9.17, 15) is 9.59 Å². The number of hydrogen-bond donors (Lipinski definition) is 0. The topological polar surface area (TPSA) is 97.6 Å². The lowest BCUT2D eigenvalue weighted by Crippen LogP contribution is -2.40. The molecule has 1 aliphatic rings. The summed E-state index contributed by atoms with van der Waals surface area (Å²) in [6, 6.07) is 19.9. The van der Waals surface area contributed by atoms with Crippen LogP contribution in [0, 0.1) is 0 Å². The number of aromatic nitrogens is 1. The molecule has 0 saturated heterocycles. The van der Waals surface area contributed by atoms with Gasteiger partial charge in [0.15, 0.2) is 16.3 Å². The van der Waals surface area contributed by atoms with Gasteiger partial charge < -0.3 is 23.7 Å². The van der Waals surface area contributed by atoms with Gasteiger partial charge in [-0.25, -0.2) is 9.79 Å². The fraction of sp³-hybridized carbons (Fsp3) is 0.265. The highest BCUT2D eigenvalue weighted by molar-refractivity contribution is 7.07. The first kappa shape index (κ1) is 30.6. The average molecular weight is 615 g/mol. The van der Waals surface area contributed by atoms with Crippen molar-refractivity contribution in [3.8, 4) is 23.0 Å². The van der Waals surface area contributed by atoms with Crippen LogP contribution < -0.4 is 33.8 Å². The van der Waals surface area contributed by atoms with E-state index in [1.54, 1.807) is 45.2 Å². The summed E-state index contributed by atoms with van der Waals surface area (Å²) < 4.78 is 30.4. The summed E-state index contributed by atoms with van der Waals surface area (Å²) in [5.74, 6) is 1.69. The van der Waals surface area contributed by atoms with Gasteiger partial charge in [0, 0.05) is 11.6 Å². The monoisotopic (exact) mass is 614 g/mol. The standard InChI is InChI=1S/C34H34N2O7S/c1-6-41-28-17-23(13-16-26(28)43-20-22-11-9-8-10-12-22)18-29-32(37)36-31(25-15-14-24(39-4)19-27(25)40-5)30(33(38)42-7-2)21(3)35-34(36)44-29/h8-19,31H,6-7,20H2,1-5H3/b29-18-/t31-/m1/s1. The third-order valence-electron chi connectivity index (χ3n) is 7.05. The van der Waals surface area contributed by atoms with E-state index < -0.39 is 12.0 Å². The first-order valence-corrected chi connectivity index (χ1v) is 15.0. The molecule has 0 radical (unpaired) electrons. The molecular formula is C34H34N2O7S. The molecule has 0 N–H and O–H groups in total. The van der Waals surface area contributed by atoms with Gasteiger partial charge in [0.25, 0.3) is 5.56 Å². The SMILES string of the molecule is CCOC(=O)C1=C(C)N=c2s/c(=C\c3ccc(OCc4ccccc4)c(OCC)c3)c(=O)n2[C@@H]1c1ccc(OC)cc1OC. The Labute approximate surface area is 259 Å². The average Bonchev–Trinajstić information content (AvgIpc) is 3.34. The van der Waals surface area contributed by atoms with Crippen LogP contribution in [0.1, 0.15) is 43.5 Å². The first-order valence-electron chi connectivity index (χ1n) is 14.2. The molecule has 0 unspecified atom stereocenters. The van der Waals surface area contributed by atoms with Gasteiger partial charge in [0.1, 0.15) is 24.1 Å². The summed E-state index contributed by atoms with van der Waals surface area (Å²) in [6.45, 7) is 6.42. The Bertz CT molecular complexity index is 1880. The van der Waals surface area contributed by atoms with E-state index in [0.29, 0.717) is 56.8 Å². The van der Waals surface area contributed by atoms with Crippen LogP contribution in [0.3, 0.4) is 0 Å². The van der Waals surface area contributed by atoms with Crippen LogP contribution >= 0.6 is 11.3 Å². The second kappa shape index (κ2) is 13.6. The molecule has 0 spiro atoms. The minimum Gasteiger partial charge on any atom is -0.497 e. The summed E-state index contributed by atoms with van der Waals surface area (Å²) in [6.07, 6.45) is 1.79. The zero-order chi connectivity index (χ0) is 31.2. The number of carbonyl (C=O) groups is 1. The summed E-state index contributed by atoms with van der Waals surface area (Å²) in [7, 11) is 3.09. The highest BCUT2D eigenvalue weighted by Crippen LogP contribution is 2.37. The summed E-state index contributed by atoms with van der Waals surface area (Å²) in [5.41, 5.74) is 2.85. The number of esters is 1. The lowest BCUT2D eigenvalue weighted by molar-refractivity contribution is -0.139. The number of benzene rings is 3. The molecule has 1 aromatic heterocycles. The van der Waals surface area contributed by atoms with Crippen LogP contribution in [0.5, 0.6) is 23.0 Å². The molecule has 10 heteroatoms. The van der Waals surface area contributed by atoms with Crippen molar-refractivity contribution in [2.24, 2.45) is 4.99 Å². The molecule has 0 bridgehead atoms. The third kappa shape index (κ3) is 6.26. The summed E-state index contributed by atoms with van der Waals surface area (Å²) in [4.78, 5) is 32.5. The van der Waals surface area contributed by atoms with Crippen molar-refractivity contribution in [1.82, 2.24) is 4.57 Å². The fourth-order valence-electron chi connectivity index (χ4n) is 5.02. The van der Waals surface area contributed by atoms with Gasteiger partial charge in [0.05, 0.1) is 43.2 Å². The molecule has 0 amide bonds. The van der Waals surface area contributed by atoms with Crippen LogP contribution in [0.15, 0.2) is 87.8 Å². The number of allylic oxidation sites excluding steroid dienone is 1. The lowest BCUT2D eigenvalue weighted by atomic mass is 9.95. The van der Waals surface area contributed by atoms with E-state index in [1.165, 1.54) is 23.0 Å². The van der Waals surface area contributed by atoms with Crippen molar-refractivity contribution in [3.05, 3.63) is 114 Å². The number of nitrogens with zero attached hydrogens (tertiary/aromatic N) is 2. The first-order chi connectivity index (χ1) is 21.4. The minimum absolute atomic E-state index is 0.180. The van der Waals surface area contributed by atoms with Gasteiger partial charge in [0.2, 0.25) is 0 Å². The van der Waals surface area contributed by atoms with Crippen LogP contribution in [-0.2, 0) is 16.1 Å². The largest absolute Gasteiger partial charge is 0.497 e. The molecule has 44 heavy (non-hydrogen) atoms. The normalized spacial score (nSPS) is 14.5. The third-order valence-corrected chi connectivity index (χ3v) is 8.04. The maximum Gasteiger partial charge on any atom is 0.338 e. The second-order valence-electron chi connectivity index (χ2n) is 9.82. The predicted molar refractivity (Wildman–Crippen MR) is 168 cm³/mol. The van der Waals surface area contributed by atoms with Crippen LogP contribution in [0.25, 0.3) is 6.08 Å². The molecule has 0 aliphatic carbocycles. The van der Waals surface area contributed by atoms with Crippen molar-refractivity contribution < 1.29 is 28.5 Å². The Morgan fingerprint density at radius 1 is 0.932 bits per heavy atom. The van der Waals surface area contributed by atoms with E-state index in [0.717, 1.165) is 11.1 Å². The maximum absolute atomic E-state index is 14.1. The fourth-order valence-corrected chi connectivity index (χ4v) is 6.07. The van der Waals surface area contributed by atoms with Gasteiger partial charge in [-0.05, 0) is 62.2 Å². The number of methoxy groups -OCH3 is 2. The molecular weight excluding hydrogens is 580 g/mol. The van der Waals surface area contributed by atoms with Crippen molar-refractivity contribution in [1.29, 1.82) is 0 Å². The van der Waals surface area contributed by atoms with Crippen molar-refractivity contribution in [3.63, 3.8) is 0 Å². The van der Waals surface area contributed by atoms with E-state index in [4.69, 9.17) is 23.7 Å². The minimum atomic E-state index is -0.818. The Morgan fingerprint density at radius 3 is 2.43 bits per heavy atom. The molecule has 1 atom stereocenters. The van der Waals surface area contributed by atoms with Crippen molar-refractivity contribution >= 4 is 23.4 Å². The molecule has 2 heterocycles. The van der Waals surface area contributed by atoms with Gasteiger partial charge in [-0.2, -0.15) is 0 Å². The number of fused-ring (bicyclic) bond motifs is 1. The number of ether oxygens (including phenoxy) is 5. The van der Waals surface area contributed by atoms with Crippen LogP contribution in [0.2, 0.25) is 0 Å². The summed E-state index contributed by atoms with van der Waals surface area (Å²) in [5, 5.41) is 0. The van der Waals surface area contributed by atoms with Gasteiger partial charge in [-0.15, -0.1) is 0 Å². The Kier molecular flexibility index (Phi) is 9.50. The molecule has 0 fully saturated rings. The molecule has 4 aromatic rings. The Balaban J connectivity index is 1.60. The summed E-state index contributed by atoms with van der Waals surface area (Å²) >= 11 is 1.24. The van der Waals surface area contributed by atoms with Gasteiger partial charge in [-0.1, -0.05) is 47.7 Å². The van der Waals surface area contributed by atoms with Crippen LogP contribution in [-0.4, -0.2) is 38.0 Å². The smallest absolute Gasteiger partial charge is 0.338 e. The number of carbonyl (C=O) groups excluding carboxylic acids is 1. The lowest BCUT2D eigenvalue weighted by Gasteiger charge is -2.26. The zero-order valence-electron chi connectivity index (χ0n) is 25.3. The zero-order valence-corrected chi connectivity index (χ0v) is 26.1. The quantitative estimate of drug-likeness (QED) is 0.224. The number of thiazole rings is 1. The number of rotatable bonds is 11. The molecule has 9 nitrogen and oxygen atoms in total. The van der Waals surface area contributed by atoms with Gasteiger partial charge in [-0.3, -0.25) is 9.36 Å². The Hall–Kier alpha value is -4.83. The molecule has 1 aliphatic heterocycles. The van der Waals surface area contributed by atoms with Crippen LogP contribution in [0.4, 0.5) is 0 Å².